The number of nitrogens with one attached hydrogen (secondary N) is 1. The van der Waals surface area contributed by atoms with Gasteiger partial charge in [-0.15, -0.1) is 10.2 Å². The lowest BCUT2D eigenvalue weighted by Gasteiger charge is -2.08. The van der Waals surface area contributed by atoms with Gasteiger partial charge in [0.25, 0.3) is 5.91 Å². The van der Waals surface area contributed by atoms with Gasteiger partial charge in [0.05, 0.1) is 5.69 Å². The van der Waals surface area contributed by atoms with E-state index in [4.69, 9.17) is 0 Å². The number of aromatic nitrogens is 4. The van der Waals surface area contributed by atoms with Gasteiger partial charge in [-0.1, -0.05) is 42.5 Å². The molecule has 1 N–H and O–H groups in total. The number of nitrogens with zero attached hydrogens (tertiary/aromatic N) is 4. The Morgan fingerprint density at radius 2 is 1.53 bits per heavy atom. The van der Waals surface area contributed by atoms with Crippen LogP contribution in [-0.4, -0.2) is 25.7 Å². The van der Waals surface area contributed by atoms with Gasteiger partial charge in [0.1, 0.15) is 0 Å². The monoisotopic (exact) mass is 393 g/mol. The van der Waals surface area contributed by atoms with Crippen molar-refractivity contribution < 1.29 is 4.79 Å². The highest BCUT2D eigenvalue weighted by atomic mass is 16.1. The van der Waals surface area contributed by atoms with E-state index in [2.05, 4.69) is 20.6 Å². The Bertz CT molecular complexity index is 1400. The van der Waals surface area contributed by atoms with E-state index in [-0.39, 0.29) is 5.91 Å². The van der Waals surface area contributed by atoms with E-state index < -0.39 is 0 Å². The molecule has 2 heterocycles. The fourth-order valence-electron chi connectivity index (χ4n) is 3.65. The Hall–Kier alpha value is -4.06. The average Bonchev–Trinajstić information content (AvgIpc) is 3.19. The average molecular weight is 393 g/mol. The highest BCUT2D eigenvalue weighted by molar-refractivity contribution is 6.05. The van der Waals surface area contributed by atoms with Crippen LogP contribution in [0.5, 0.6) is 0 Å². The van der Waals surface area contributed by atoms with Crippen molar-refractivity contribution in [1.29, 1.82) is 0 Å². The minimum absolute atomic E-state index is 0.127. The third-order valence-corrected chi connectivity index (χ3v) is 5.24. The summed E-state index contributed by atoms with van der Waals surface area (Å²) in [5.74, 6) is 0.535. The van der Waals surface area contributed by atoms with Gasteiger partial charge >= 0.3 is 0 Å². The summed E-state index contributed by atoms with van der Waals surface area (Å²) < 4.78 is 1.78. The van der Waals surface area contributed by atoms with Crippen molar-refractivity contribution in [1.82, 2.24) is 19.8 Å². The molecule has 146 valence electrons. The summed E-state index contributed by atoms with van der Waals surface area (Å²) in [6.45, 7) is 3.91. The molecular weight excluding hydrogens is 374 g/mol. The zero-order chi connectivity index (χ0) is 20.7. The molecule has 0 unspecified atom stereocenters. The minimum atomic E-state index is -0.127. The Morgan fingerprint density at radius 3 is 2.30 bits per heavy atom. The van der Waals surface area contributed by atoms with Crippen LogP contribution < -0.4 is 5.32 Å². The summed E-state index contributed by atoms with van der Waals surface area (Å²) in [6.07, 6.45) is 0. The van der Waals surface area contributed by atoms with Gasteiger partial charge in [0, 0.05) is 27.6 Å². The highest BCUT2D eigenvalue weighted by Crippen LogP contribution is 2.25. The first-order valence-corrected chi connectivity index (χ1v) is 9.70. The number of hydrogen-bond donors (Lipinski definition) is 1. The molecule has 5 aromatic rings. The van der Waals surface area contributed by atoms with Crippen LogP contribution in [0.15, 0.2) is 72.8 Å². The number of rotatable bonds is 3. The van der Waals surface area contributed by atoms with E-state index >= 15 is 0 Å². The Labute approximate surface area is 173 Å². The van der Waals surface area contributed by atoms with Crippen molar-refractivity contribution >= 4 is 28.0 Å². The van der Waals surface area contributed by atoms with Crippen molar-refractivity contribution in [2.45, 2.75) is 13.8 Å². The Balaban J connectivity index is 1.48. The first-order chi connectivity index (χ1) is 14.6. The van der Waals surface area contributed by atoms with Gasteiger partial charge < -0.3 is 5.32 Å². The zero-order valence-corrected chi connectivity index (χ0v) is 16.6. The fraction of sp³-hybridized carbons (Fsp3) is 0.0833. The summed E-state index contributed by atoms with van der Waals surface area (Å²) in [7, 11) is 0. The smallest absolute Gasteiger partial charge is 0.255 e. The number of hydrogen-bond acceptors (Lipinski definition) is 4. The predicted octanol–water partition coefficient (Wildman–Crippen LogP) is 4.81. The van der Waals surface area contributed by atoms with E-state index in [0.717, 1.165) is 38.9 Å². The summed E-state index contributed by atoms with van der Waals surface area (Å²) in [6, 6.07) is 23.1. The standard InChI is InChI=1S/C24H19N5O/c1-15-7-3-4-8-19(15)24(30)25-18-13-11-17(12-14-18)22-26-27-23-21-10-6-5-9-20(21)16(2)28-29(22)23/h3-14H,1-2H3,(H,25,30). The van der Waals surface area contributed by atoms with E-state index in [0.29, 0.717) is 11.4 Å². The Kier molecular flexibility index (Phi) is 4.25. The molecule has 6 nitrogen and oxygen atoms in total. The van der Waals surface area contributed by atoms with Crippen molar-refractivity contribution in [3.8, 4) is 11.4 Å². The maximum Gasteiger partial charge on any atom is 0.255 e. The molecule has 2 aromatic heterocycles. The van der Waals surface area contributed by atoms with Gasteiger partial charge in [0.2, 0.25) is 0 Å². The predicted molar refractivity (Wildman–Crippen MR) is 118 cm³/mol. The molecule has 0 atom stereocenters. The first kappa shape index (κ1) is 18.0. The summed E-state index contributed by atoms with van der Waals surface area (Å²) >= 11 is 0. The van der Waals surface area contributed by atoms with E-state index in [9.17, 15) is 4.79 Å². The summed E-state index contributed by atoms with van der Waals surface area (Å²) in [4.78, 5) is 12.5. The van der Waals surface area contributed by atoms with Crippen LogP contribution in [0, 0.1) is 13.8 Å². The normalized spacial score (nSPS) is 11.1. The zero-order valence-electron chi connectivity index (χ0n) is 16.6. The lowest BCUT2D eigenvalue weighted by Crippen LogP contribution is -2.13. The lowest BCUT2D eigenvalue weighted by molar-refractivity contribution is 0.102. The van der Waals surface area contributed by atoms with Gasteiger partial charge in [-0.3, -0.25) is 4.79 Å². The molecule has 0 aliphatic heterocycles. The SMILES string of the molecule is Cc1ccccc1C(=O)Nc1ccc(-c2nnc3c4ccccc4c(C)nn23)cc1. The second-order valence-corrected chi connectivity index (χ2v) is 7.24. The van der Waals surface area contributed by atoms with Crippen LogP contribution in [0.25, 0.3) is 27.8 Å². The largest absolute Gasteiger partial charge is 0.322 e. The second kappa shape index (κ2) is 7.08. The summed E-state index contributed by atoms with van der Waals surface area (Å²) in [5.41, 5.74) is 4.84. The number of carbonyl (C=O) groups excluding carboxylic acids is 1. The molecule has 6 heteroatoms. The molecule has 0 bridgehead atoms. The number of amides is 1. The third-order valence-electron chi connectivity index (χ3n) is 5.24. The molecule has 0 radical (unpaired) electrons. The molecule has 3 aromatic carbocycles. The molecule has 30 heavy (non-hydrogen) atoms. The molecule has 0 spiro atoms. The second-order valence-electron chi connectivity index (χ2n) is 7.24. The molecular formula is C24H19N5O. The lowest BCUT2D eigenvalue weighted by atomic mass is 10.1. The molecule has 0 saturated heterocycles. The van der Waals surface area contributed by atoms with E-state index in [1.165, 1.54) is 0 Å². The molecule has 0 aliphatic rings. The van der Waals surface area contributed by atoms with Crippen LogP contribution in [-0.2, 0) is 0 Å². The maximum absolute atomic E-state index is 12.5. The van der Waals surface area contributed by atoms with Gasteiger partial charge in [0.15, 0.2) is 11.5 Å². The van der Waals surface area contributed by atoms with Crippen molar-refractivity contribution in [3.05, 3.63) is 89.6 Å². The number of aryl methyl sites for hydroxylation is 2. The van der Waals surface area contributed by atoms with Crippen molar-refractivity contribution in [3.63, 3.8) is 0 Å². The first-order valence-electron chi connectivity index (χ1n) is 9.70. The van der Waals surface area contributed by atoms with Crippen LogP contribution in [0.3, 0.4) is 0 Å². The van der Waals surface area contributed by atoms with Crippen molar-refractivity contribution in [2.75, 3.05) is 5.32 Å². The van der Waals surface area contributed by atoms with Crippen LogP contribution in [0.4, 0.5) is 5.69 Å². The highest BCUT2D eigenvalue weighted by Gasteiger charge is 2.14. The maximum atomic E-state index is 12.5. The number of fused-ring (bicyclic) bond motifs is 3. The van der Waals surface area contributed by atoms with Crippen LogP contribution in [0.2, 0.25) is 0 Å². The molecule has 5 rings (SSSR count). The summed E-state index contributed by atoms with van der Waals surface area (Å²) in [5, 5.41) is 18.4. The minimum Gasteiger partial charge on any atom is -0.322 e. The van der Waals surface area contributed by atoms with E-state index in [1.807, 2.05) is 86.6 Å². The number of anilines is 1. The number of carbonyl (C=O) groups is 1. The number of benzene rings is 3. The van der Waals surface area contributed by atoms with Crippen molar-refractivity contribution in [2.24, 2.45) is 0 Å². The van der Waals surface area contributed by atoms with Gasteiger partial charge in [-0.25, -0.2) is 0 Å². The Morgan fingerprint density at radius 1 is 0.833 bits per heavy atom. The quantitative estimate of drug-likeness (QED) is 0.477. The molecule has 1 amide bonds. The molecule has 0 saturated carbocycles. The molecule has 0 aliphatic carbocycles. The van der Waals surface area contributed by atoms with Gasteiger partial charge in [-0.05, 0) is 49.7 Å². The van der Waals surface area contributed by atoms with Crippen LogP contribution in [0.1, 0.15) is 21.6 Å². The van der Waals surface area contributed by atoms with Crippen LogP contribution >= 0.6 is 0 Å². The third kappa shape index (κ3) is 2.99. The van der Waals surface area contributed by atoms with E-state index in [1.54, 1.807) is 4.52 Å². The topological polar surface area (TPSA) is 72.2 Å². The van der Waals surface area contributed by atoms with Gasteiger partial charge in [-0.2, -0.15) is 9.61 Å². The fourth-order valence-corrected chi connectivity index (χ4v) is 3.65. The molecule has 0 fully saturated rings.